The Morgan fingerprint density at radius 1 is 1.27 bits per heavy atom. The minimum atomic E-state index is 0.213. The molecule has 0 aliphatic carbocycles. The van der Waals surface area contributed by atoms with Crippen LogP contribution in [0.25, 0.3) is 16.8 Å². The van der Waals surface area contributed by atoms with Crippen molar-refractivity contribution in [3.8, 4) is 11.3 Å². The van der Waals surface area contributed by atoms with E-state index in [1.165, 1.54) is 0 Å². The van der Waals surface area contributed by atoms with Gasteiger partial charge in [-0.3, -0.25) is 0 Å². The summed E-state index contributed by atoms with van der Waals surface area (Å²) in [5.41, 5.74) is 4.53. The summed E-state index contributed by atoms with van der Waals surface area (Å²) in [4.78, 5) is 23.6. The Hall–Kier alpha value is -2.82. The zero-order valence-corrected chi connectivity index (χ0v) is 12.8. The minimum absolute atomic E-state index is 0.213. The van der Waals surface area contributed by atoms with Crippen molar-refractivity contribution in [3.63, 3.8) is 0 Å². The van der Waals surface area contributed by atoms with Gasteiger partial charge >= 0.3 is 0 Å². The predicted octanol–water partition coefficient (Wildman–Crippen LogP) is 3.05. The van der Waals surface area contributed by atoms with E-state index in [1.54, 1.807) is 12.4 Å². The first-order chi connectivity index (χ1) is 10.5. The Morgan fingerprint density at radius 2 is 1.95 bits per heavy atom. The number of aldehydes is 1. The first kappa shape index (κ1) is 15.6. The molecule has 0 spiro atoms. The predicted molar refractivity (Wildman–Crippen MR) is 88.4 cm³/mol. The minimum Gasteiger partial charge on any atom is -0.376 e. The van der Waals surface area contributed by atoms with Gasteiger partial charge in [0, 0.05) is 18.0 Å². The van der Waals surface area contributed by atoms with E-state index in [4.69, 9.17) is 0 Å². The number of aryl methyl sites for hydroxylation is 1. The molecule has 5 heteroatoms. The number of carbonyl (C=O) groups is 1. The molecule has 1 N–H and O–H groups in total. The Bertz CT molecular complexity index is 720. The number of rotatable bonds is 6. The van der Waals surface area contributed by atoms with Gasteiger partial charge in [0.1, 0.15) is 12.1 Å². The van der Waals surface area contributed by atoms with Crippen LogP contribution in [0.15, 0.2) is 43.3 Å². The lowest BCUT2D eigenvalue weighted by Gasteiger charge is -2.13. The molecule has 2 aromatic heterocycles. The van der Waals surface area contributed by atoms with Crippen molar-refractivity contribution < 1.29 is 4.79 Å². The molecule has 0 saturated carbocycles. The van der Waals surface area contributed by atoms with Crippen molar-refractivity contribution in [2.45, 2.75) is 13.8 Å². The summed E-state index contributed by atoms with van der Waals surface area (Å²) in [6.45, 7) is 11.8. The molecule has 0 fully saturated rings. The maximum absolute atomic E-state index is 10.6. The Balaban J connectivity index is 2.48. The van der Waals surface area contributed by atoms with E-state index in [2.05, 4.69) is 33.4 Å². The molecule has 2 aromatic rings. The number of hydrogen-bond donors (Lipinski definition) is 1. The smallest absolute Gasteiger partial charge is 0.139 e. The summed E-state index contributed by atoms with van der Waals surface area (Å²) < 4.78 is 0. The molecule has 0 bridgehead atoms. The second-order valence-corrected chi connectivity index (χ2v) is 4.92. The van der Waals surface area contributed by atoms with Crippen molar-refractivity contribution in [2.75, 3.05) is 11.9 Å². The number of pyridine rings is 1. The van der Waals surface area contributed by atoms with Crippen LogP contribution >= 0.6 is 0 Å². The maximum Gasteiger partial charge on any atom is 0.139 e. The molecular formula is C17H18N4O. The molecule has 22 heavy (non-hydrogen) atoms. The lowest BCUT2D eigenvalue weighted by molar-refractivity contribution is -0.106. The van der Waals surface area contributed by atoms with Gasteiger partial charge in [-0.2, -0.15) is 0 Å². The first-order valence-electron chi connectivity index (χ1n) is 6.85. The summed E-state index contributed by atoms with van der Waals surface area (Å²) in [6.07, 6.45) is 4.27. The average Bonchev–Trinajstić information content (AvgIpc) is 2.52. The summed E-state index contributed by atoms with van der Waals surface area (Å²) >= 11 is 0. The molecule has 0 aliphatic heterocycles. The van der Waals surface area contributed by atoms with E-state index in [-0.39, 0.29) is 6.54 Å². The van der Waals surface area contributed by atoms with Crippen LogP contribution in [-0.2, 0) is 4.79 Å². The van der Waals surface area contributed by atoms with E-state index in [1.807, 2.05) is 26.0 Å². The summed E-state index contributed by atoms with van der Waals surface area (Å²) in [7, 11) is 0. The van der Waals surface area contributed by atoms with E-state index in [9.17, 15) is 4.79 Å². The van der Waals surface area contributed by atoms with Crippen molar-refractivity contribution in [1.82, 2.24) is 15.0 Å². The molecule has 0 radical (unpaired) electrons. The third kappa shape index (κ3) is 3.44. The normalized spacial score (nSPS) is 10.1. The summed E-state index contributed by atoms with van der Waals surface area (Å²) in [5.74, 6) is 0.708. The van der Waals surface area contributed by atoms with E-state index < -0.39 is 0 Å². The number of allylic oxidation sites excluding steroid dienone is 2. The average molecular weight is 294 g/mol. The van der Waals surface area contributed by atoms with Crippen molar-refractivity contribution in [2.24, 2.45) is 0 Å². The molecule has 112 valence electrons. The summed E-state index contributed by atoms with van der Waals surface area (Å²) in [5, 5.41) is 3.02. The molecule has 0 saturated heterocycles. The SMILES string of the molecule is C=C(C)C(=C)c1nc(-c2cnc(C)nc2)ccc1NCC=O. The maximum atomic E-state index is 10.6. The van der Waals surface area contributed by atoms with Gasteiger partial charge in [0.2, 0.25) is 0 Å². The van der Waals surface area contributed by atoms with Crippen molar-refractivity contribution in [1.29, 1.82) is 0 Å². The highest BCUT2D eigenvalue weighted by atomic mass is 16.1. The van der Waals surface area contributed by atoms with Crippen LogP contribution in [0.2, 0.25) is 0 Å². The van der Waals surface area contributed by atoms with Gasteiger partial charge < -0.3 is 10.1 Å². The van der Waals surface area contributed by atoms with Crippen LogP contribution in [0.5, 0.6) is 0 Å². The van der Waals surface area contributed by atoms with Crippen molar-refractivity contribution >= 4 is 17.5 Å². The Labute approximate surface area is 129 Å². The zero-order chi connectivity index (χ0) is 16.1. The largest absolute Gasteiger partial charge is 0.376 e. The molecule has 0 amide bonds. The van der Waals surface area contributed by atoms with Gasteiger partial charge in [-0.15, -0.1) is 0 Å². The molecule has 0 aromatic carbocycles. The fraction of sp³-hybridized carbons (Fsp3) is 0.176. The quantitative estimate of drug-likeness (QED) is 0.655. The number of nitrogens with zero attached hydrogens (tertiary/aromatic N) is 3. The van der Waals surface area contributed by atoms with Crippen LogP contribution in [-0.4, -0.2) is 27.8 Å². The molecular weight excluding hydrogens is 276 g/mol. The Kier molecular flexibility index (Phi) is 4.78. The first-order valence-corrected chi connectivity index (χ1v) is 6.85. The highest BCUT2D eigenvalue weighted by molar-refractivity contribution is 5.83. The number of nitrogens with one attached hydrogen (secondary N) is 1. The van der Waals surface area contributed by atoms with Gasteiger partial charge in [-0.25, -0.2) is 15.0 Å². The van der Waals surface area contributed by atoms with Crippen molar-refractivity contribution in [3.05, 3.63) is 54.8 Å². The number of anilines is 1. The van der Waals surface area contributed by atoms with Crippen LogP contribution < -0.4 is 5.32 Å². The third-order valence-electron chi connectivity index (χ3n) is 3.15. The molecule has 0 atom stereocenters. The van der Waals surface area contributed by atoms with E-state index in [0.717, 1.165) is 34.4 Å². The molecule has 2 rings (SSSR count). The molecule has 0 unspecified atom stereocenters. The fourth-order valence-electron chi connectivity index (χ4n) is 1.87. The zero-order valence-electron chi connectivity index (χ0n) is 12.8. The summed E-state index contributed by atoms with van der Waals surface area (Å²) in [6, 6.07) is 3.73. The monoisotopic (exact) mass is 294 g/mol. The third-order valence-corrected chi connectivity index (χ3v) is 3.15. The van der Waals surface area contributed by atoms with Gasteiger partial charge in [0.05, 0.1) is 23.6 Å². The number of aromatic nitrogens is 3. The lowest BCUT2D eigenvalue weighted by Crippen LogP contribution is -2.06. The molecule has 2 heterocycles. The number of carbonyl (C=O) groups excluding carboxylic acids is 1. The van der Waals surface area contributed by atoms with Gasteiger partial charge in [-0.1, -0.05) is 13.2 Å². The fourth-order valence-corrected chi connectivity index (χ4v) is 1.87. The lowest BCUT2D eigenvalue weighted by atomic mass is 10.0. The van der Waals surface area contributed by atoms with Crippen LogP contribution in [0, 0.1) is 6.92 Å². The molecule has 0 aliphatic rings. The topological polar surface area (TPSA) is 67.8 Å². The van der Waals surface area contributed by atoms with Crippen LogP contribution in [0.4, 0.5) is 5.69 Å². The highest BCUT2D eigenvalue weighted by Gasteiger charge is 2.11. The molecule has 5 nitrogen and oxygen atoms in total. The Morgan fingerprint density at radius 3 is 2.55 bits per heavy atom. The standard InChI is InChI=1S/C17H18N4O/c1-11(2)12(3)17-16(18-7-8-22)6-5-15(21-17)14-9-19-13(4)20-10-14/h5-6,8-10,18H,1,3,7H2,2,4H3. The second-order valence-electron chi connectivity index (χ2n) is 4.92. The highest BCUT2D eigenvalue weighted by Crippen LogP contribution is 2.28. The van der Waals surface area contributed by atoms with Gasteiger partial charge in [0.25, 0.3) is 0 Å². The van der Waals surface area contributed by atoms with E-state index in [0.29, 0.717) is 11.5 Å². The second kappa shape index (κ2) is 6.76. The van der Waals surface area contributed by atoms with E-state index >= 15 is 0 Å². The van der Waals surface area contributed by atoms with Gasteiger partial charge in [-0.05, 0) is 37.1 Å². The van der Waals surface area contributed by atoms with Gasteiger partial charge in [0.15, 0.2) is 0 Å². The van der Waals surface area contributed by atoms with Crippen LogP contribution in [0.3, 0.4) is 0 Å². The number of hydrogen-bond acceptors (Lipinski definition) is 5. The van der Waals surface area contributed by atoms with Crippen LogP contribution in [0.1, 0.15) is 18.4 Å².